The van der Waals surface area contributed by atoms with Crippen molar-refractivity contribution >= 4 is 5.97 Å². The van der Waals surface area contributed by atoms with Crippen molar-refractivity contribution in [3.05, 3.63) is 47.6 Å². The predicted octanol–water partition coefficient (Wildman–Crippen LogP) is 4.35. The lowest BCUT2D eigenvalue weighted by Crippen LogP contribution is -2.00. The molecule has 0 saturated carbocycles. The van der Waals surface area contributed by atoms with Crippen LogP contribution >= 0.6 is 0 Å². The Kier molecular flexibility index (Phi) is 9.65. The van der Waals surface area contributed by atoms with E-state index in [-0.39, 0.29) is 5.97 Å². The summed E-state index contributed by atoms with van der Waals surface area (Å²) in [5.41, 5.74) is 2.58. The molecule has 2 nitrogen and oxygen atoms in total. The van der Waals surface area contributed by atoms with Gasteiger partial charge in [-0.25, -0.2) is 4.79 Å². The minimum atomic E-state index is -0.304. The van der Waals surface area contributed by atoms with Gasteiger partial charge >= 0.3 is 5.97 Å². The molecule has 2 heteroatoms. The van der Waals surface area contributed by atoms with Gasteiger partial charge in [0.2, 0.25) is 0 Å². The maximum Gasteiger partial charge on any atom is 0.331 e. The summed E-state index contributed by atoms with van der Waals surface area (Å²) in [5, 5.41) is 0. The average molecular weight is 248 g/mol. The second-order valence-electron chi connectivity index (χ2n) is 4.39. The fraction of sp³-hybridized carbons (Fsp3) is 0.438. The van der Waals surface area contributed by atoms with E-state index < -0.39 is 0 Å². The molecule has 0 aromatic heterocycles. The Bertz CT molecular complexity index is 353. The van der Waals surface area contributed by atoms with E-state index in [9.17, 15) is 4.79 Å². The lowest BCUT2D eigenvalue weighted by Gasteiger charge is -2.00. The van der Waals surface area contributed by atoms with Crippen LogP contribution in [-0.2, 0) is 9.53 Å². The van der Waals surface area contributed by atoms with Crippen LogP contribution in [0.25, 0.3) is 0 Å². The van der Waals surface area contributed by atoms with Crippen molar-refractivity contribution in [1.82, 2.24) is 0 Å². The van der Waals surface area contributed by atoms with Crippen LogP contribution < -0.4 is 0 Å². The second kappa shape index (κ2) is 10.6. The summed E-state index contributed by atoms with van der Waals surface area (Å²) in [5.74, 6) is -0.304. The molecule has 0 heterocycles. The zero-order valence-electron chi connectivity index (χ0n) is 11.9. The van der Waals surface area contributed by atoms with Crippen molar-refractivity contribution in [2.24, 2.45) is 0 Å². The number of allylic oxidation sites excluding steroid dienone is 6. The van der Waals surface area contributed by atoms with E-state index in [4.69, 9.17) is 4.74 Å². The largest absolute Gasteiger partial charge is 0.458 e. The van der Waals surface area contributed by atoms with Gasteiger partial charge in [-0.1, -0.05) is 35.5 Å². The zero-order chi connectivity index (χ0) is 13.8. The second-order valence-corrected chi connectivity index (χ2v) is 4.39. The number of esters is 1. The average Bonchev–Trinajstić information content (AvgIpc) is 2.29. The lowest BCUT2D eigenvalue weighted by molar-refractivity contribution is -0.136. The third kappa shape index (κ3) is 10.9. The van der Waals surface area contributed by atoms with Gasteiger partial charge in [0, 0.05) is 6.08 Å². The molecule has 0 fully saturated rings. The maximum absolute atomic E-state index is 11.2. The Morgan fingerprint density at radius 3 is 2.44 bits per heavy atom. The third-order valence-corrected chi connectivity index (χ3v) is 2.28. The number of carbonyl (C=O) groups is 1. The standard InChI is InChI=1S/C16H24O2/c1-5-6-7-11-16(17)18-13-12-15(4)10-8-9-14(2)3/h5-7,9,11-12H,8,10,13H2,1-4H3. The highest BCUT2D eigenvalue weighted by atomic mass is 16.5. The Labute approximate surface area is 111 Å². The summed E-state index contributed by atoms with van der Waals surface area (Å²) in [6, 6.07) is 0. The van der Waals surface area contributed by atoms with Gasteiger partial charge in [0.1, 0.15) is 6.61 Å². The van der Waals surface area contributed by atoms with Crippen LogP contribution in [0.5, 0.6) is 0 Å². The van der Waals surface area contributed by atoms with E-state index in [0.717, 1.165) is 12.8 Å². The highest BCUT2D eigenvalue weighted by Gasteiger charge is 1.94. The molecule has 0 unspecified atom stereocenters. The highest BCUT2D eigenvalue weighted by Crippen LogP contribution is 2.06. The number of carbonyl (C=O) groups excluding carboxylic acids is 1. The summed E-state index contributed by atoms with van der Waals surface area (Å²) in [7, 11) is 0. The normalized spacial score (nSPS) is 12.1. The molecular weight excluding hydrogens is 224 g/mol. The van der Waals surface area contributed by atoms with E-state index in [1.807, 2.05) is 19.1 Å². The molecule has 0 amide bonds. The molecular formula is C16H24O2. The Hall–Kier alpha value is -1.57. The van der Waals surface area contributed by atoms with E-state index in [1.54, 1.807) is 12.2 Å². The zero-order valence-corrected chi connectivity index (χ0v) is 11.9. The van der Waals surface area contributed by atoms with Gasteiger partial charge in [-0.2, -0.15) is 0 Å². The number of rotatable bonds is 7. The first-order chi connectivity index (χ1) is 8.56. The monoisotopic (exact) mass is 248 g/mol. The molecule has 0 aliphatic heterocycles. The van der Waals surface area contributed by atoms with Gasteiger partial charge in [0.05, 0.1) is 0 Å². The quantitative estimate of drug-likeness (QED) is 0.290. The molecule has 0 aliphatic rings. The van der Waals surface area contributed by atoms with Crippen LogP contribution in [0.15, 0.2) is 47.6 Å². The predicted molar refractivity (Wildman–Crippen MR) is 77.3 cm³/mol. The first-order valence-corrected chi connectivity index (χ1v) is 6.31. The fourth-order valence-electron chi connectivity index (χ4n) is 1.25. The SMILES string of the molecule is CC=CC=CC(=O)OCC=C(C)CCC=C(C)C. The smallest absolute Gasteiger partial charge is 0.331 e. The van der Waals surface area contributed by atoms with Gasteiger partial charge in [0.15, 0.2) is 0 Å². The Morgan fingerprint density at radius 2 is 1.83 bits per heavy atom. The van der Waals surface area contributed by atoms with Crippen LogP contribution in [-0.4, -0.2) is 12.6 Å². The van der Waals surface area contributed by atoms with Gasteiger partial charge in [0.25, 0.3) is 0 Å². The van der Waals surface area contributed by atoms with E-state index in [0.29, 0.717) is 6.61 Å². The molecule has 0 spiro atoms. The summed E-state index contributed by atoms with van der Waals surface area (Å²) in [6.45, 7) is 8.49. The molecule has 0 saturated heterocycles. The molecule has 0 rings (SSSR count). The van der Waals surface area contributed by atoms with Crippen LogP contribution in [0.2, 0.25) is 0 Å². The van der Waals surface area contributed by atoms with Crippen LogP contribution in [0.3, 0.4) is 0 Å². The third-order valence-electron chi connectivity index (χ3n) is 2.28. The lowest BCUT2D eigenvalue weighted by atomic mass is 10.1. The summed E-state index contributed by atoms with van der Waals surface area (Å²) >= 11 is 0. The topological polar surface area (TPSA) is 26.3 Å². The molecule has 0 bridgehead atoms. The fourth-order valence-corrected chi connectivity index (χ4v) is 1.25. The molecule has 0 aromatic carbocycles. The Balaban J connectivity index is 3.86. The van der Waals surface area contributed by atoms with Gasteiger partial charge in [-0.05, 0) is 46.6 Å². The molecule has 0 N–H and O–H groups in total. The number of ether oxygens (including phenoxy) is 1. The highest BCUT2D eigenvalue weighted by molar-refractivity contribution is 5.82. The first-order valence-electron chi connectivity index (χ1n) is 6.31. The van der Waals surface area contributed by atoms with Crippen LogP contribution in [0.4, 0.5) is 0 Å². The summed E-state index contributed by atoms with van der Waals surface area (Å²) in [4.78, 5) is 11.2. The van der Waals surface area contributed by atoms with E-state index in [2.05, 4.69) is 26.8 Å². The van der Waals surface area contributed by atoms with Gasteiger partial charge in [-0.3, -0.25) is 0 Å². The molecule has 100 valence electrons. The Morgan fingerprint density at radius 1 is 1.11 bits per heavy atom. The number of hydrogen-bond donors (Lipinski definition) is 0. The van der Waals surface area contributed by atoms with Crippen molar-refractivity contribution in [1.29, 1.82) is 0 Å². The molecule has 0 radical (unpaired) electrons. The van der Waals surface area contributed by atoms with Crippen LogP contribution in [0.1, 0.15) is 40.5 Å². The first kappa shape index (κ1) is 16.4. The number of hydrogen-bond acceptors (Lipinski definition) is 2. The van der Waals surface area contributed by atoms with Gasteiger partial charge < -0.3 is 4.74 Å². The van der Waals surface area contributed by atoms with Crippen molar-refractivity contribution in [2.45, 2.75) is 40.5 Å². The van der Waals surface area contributed by atoms with Gasteiger partial charge in [-0.15, -0.1) is 0 Å². The minimum Gasteiger partial charge on any atom is -0.458 e. The summed E-state index contributed by atoms with van der Waals surface area (Å²) in [6.07, 6.45) is 13.0. The maximum atomic E-state index is 11.2. The van der Waals surface area contributed by atoms with Crippen molar-refractivity contribution in [2.75, 3.05) is 6.61 Å². The molecule has 0 aliphatic carbocycles. The van der Waals surface area contributed by atoms with Crippen LogP contribution in [0, 0.1) is 0 Å². The van der Waals surface area contributed by atoms with Crippen molar-refractivity contribution in [3.8, 4) is 0 Å². The summed E-state index contributed by atoms with van der Waals surface area (Å²) < 4.78 is 5.04. The molecule has 0 aromatic rings. The van der Waals surface area contributed by atoms with E-state index >= 15 is 0 Å². The molecule has 0 atom stereocenters. The van der Waals surface area contributed by atoms with Crippen molar-refractivity contribution in [3.63, 3.8) is 0 Å². The molecule has 18 heavy (non-hydrogen) atoms. The van der Waals surface area contributed by atoms with E-state index in [1.165, 1.54) is 17.2 Å². The minimum absolute atomic E-state index is 0.304. The van der Waals surface area contributed by atoms with Crippen molar-refractivity contribution < 1.29 is 9.53 Å².